The van der Waals surface area contributed by atoms with Crippen LogP contribution in [0.3, 0.4) is 0 Å². The van der Waals surface area contributed by atoms with E-state index in [1.54, 1.807) is 13.1 Å². The summed E-state index contributed by atoms with van der Waals surface area (Å²) < 4.78 is 0. The quantitative estimate of drug-likeness (QED) is 0.849. The van der Waals surface area contributed by atoms with Crippen LogP contribution in [-0.2, 0) is 0 Å². The number of nitrogens with one attached hydrogen (secondary N) is 1. The lowest BCUT2D eigenvalue weighted by molar-refractivity contribution is 0.0691. The molecule has 0 spiro atoms. The molecular weight excluding hydrogens is 214 g/mol. The minimum Gasteiger partial charge on any atom is -0.373 e. The first-order chi connectivity index (χ1) is 8.20. The van der Waals surface area contributed by atoms with Crippen molar-refractivity contribution in [3.63, 3.8) is 0 Å². The Balaban J connectivity index is 2.08. The van der Waals surface area contributed by atoms with Gasteiger partial charge >= 0.3 is 0 Å². The maximum atomic E-state index is 12.2. The molecule has 2 heterocycles. The zero-order valence-corrected chi connectivity index (χ0v) is 10.4. The van der Waals surface area contributed by atoms with Crippen molar-refractivity contribution in [2.75, 3.05) is 25.5 Å². The molecule has 4 heteroatoms. The van der Waals surface area contributed by atoms with Crippen molar-refractivity contribution in [1.29, 1.82) is 0 Å². The summed E-state index contributed by atoms with van der Waals surface area (Å²) in [4.78, 5) is 18.4. The molecule has 1 saturated heterocycles. The van der Waals surface area contributed by atoms with E-state index in [0.29, 0.717) is 5.69 Å². The number of rotatable bonds is 2. The van der Waals surface area contributed by atoms with Gasteiger partial charge in [-0.2, -0.15) is 0 Å². The van der Waals surface area contributed by atoms with Gasteiger partial charge in [-0.1, -0.05) is 13.0 Å². The number of anilines is 1. The monoisotopic (exact) mass is 233 g/mol. The minimum absolute atomic E-state index is 0.0500. The standard InChI is InChI=1S/C13H19N3O/c1-10-6-8-16(9-7-10)13(17)11-4-3-5-12(14-2)15-11/h3-5,10H,6-9H2,1-2H3,(H,14,15). The molecule has 1 N–H and O–H groups in total. The highest BCUT2D eigenvalue weighted by molar-refractivity contribution is 5.92. The fourth-order valence-electron chi connectivity index (χ4n) is 2.07. The van der Waals surface area contributed by atoms with Crippen molar-refractivity contribution in [3.05, 3.63) is 23.9 Å². The SMILES string of the molecule is CNc1cccc(C(=O)N2CCC(C)CC2)n1. The normalized spacial score (nSPS) is 16.9. The topological polar surface area (TPSA) is 45.2 Å². The minimum atomic E-state index is 0.0500. The molecule has 1 aliphatic rings. The molecule has 0 unspecified atom stereocenters. The van der Waals surface area contributed by atoms with Gasteiger partial charge in [0.05, 0.1) is 0 Å². The van der Waals surface area contributed by atoms with Gasteiger partial charge in [-0.3, -0.25) is 4.79 Å². The Labute approximate surface area is 102 Å². The molecule has 1 fully saturated rings. The van der Waals surface area contributed by atoms with Crippen LogP contribution in [-0.4, -0.2) is 35.9 Å². The molecular formula is C13H19N3O. The lowest BCUT2D eigenvalue weighted by Gasteiger charge is -2.30. The molecule has 0 aromatic carbocycles. The second kappa shape index (κ2) is 5.17. The Morgan fingerprint density at radius 2 is 2.12 bits per heavy atom. The maximum Gasteiger partial charge on any atom is 0.272 e. The second-order valence-corrected chi connectivity index (χ2v) is 4.63. The average molecular weight is 233 g/mol. The first-order valence-corrected chi connectivity index (χ1v) is 6.15. The number of aromatic nitrogens is 1. The Hall–Kier alpha value is -1.58. The van der Waals surface area contributed by atoms with E-state index in [2.05, 4.69) is 17.2 Å². The van der Waals surface area contributed by atoms with Gasteiger partial charge in [0.15, 0.2) is 0 Å². The summed E-state index contributed by atoms with van der Waals surface area (Å²) in [6.45, 7) is 3.94. The largest absolute Gasteiger partial charge is 0.373 e. The van der Waals surface area contributed by atoms with Crippen molar-refractivity contribution in [2.45, 2.75) is 19.8 Å². The van der Waals surface area contributed by atoms with Gasteiger partial charge < -0.3 is 10.2 Å². The summed E-state index contributed by atoms with van der Waals surface area (Å²) in [5.74, 6) is 1.52. The van der Waals surface area contributed by atoms with Crippen molar-refractivity contribution >= 4 is 11.7 Å². The van der Waals surface area contributed by atoms with Gasteiger partial charge in [-0.05, 0) is 30.9 Å². The number of hydrogen-bond acceptors (Lipinski definition) is 3. The van der Waals surface area contributed by atoms with Gasteiger partial charge in [0.25, 0.3) is 5.91 Å². The number of likely N-dealkylation sites (tertiary alicyclic amines) is 1. The Kier molecular flexibility index (Phi) is 3.61. The van der Waals surface area contributed by atoms with Crippen molar-refractivity contribution < 1.29 is 4.79 Å². The Bertz CT molecular complexity index is 397. The average Bonchev–Trinajstić information content (AvgIpc) is 2.39. The van der Waals surface area contributed by atoms with Crippen molar-refractivity contribution in [2.24, 2.45) is 5.92 Å². The third kappa shape index (κ3) is 2.75. The van der Waals surface area contributed by atoms with E-state index in [-0.39, 0.29) is 5.91 Å². The molecule has 4 nitrogen and oxygen atoms in total. The third-order valence-corrected chi connectivity index (χ3v) is 3.30. The summed E-state index contributed by atoms with van der Waals surface area (Å²) >= 11 is 0. The number of hydrogen-bond donors (Lipinski definition) is 1. The third-order valence-electron chi connectivity index (χ3n) is 3.30. The fraction of sp³-hybridized carbons (Fsp3) is 0.538. The van der Waals surface area contributed by atoms with Crippen LogP contribution in [0.2, 0.25) is 0 Å². The van der Waals surface area contributed by atoms with Crippen molar-refractivity contribution in [1.82, 2.24) is 9.88 Å². The second-order valence-electron chi connectivity index (χ2n) is 4.63. The van der Waals surface area contributed by atoms with Crippen LogP contribution in [0, 0.1) is 5.92 Å². The van der Waals surface area contributed by atoms with E-state index in [1.165, 1.54) is 0 Å². The first kappa shape index (κ1) is 11.9. The van der Waals surface area contributed by atoms with Crippen LogP contribution in [0.4, 0.5) is 5.82 Å². The van der Waals surface area contributed by atoms with E-state index >= 15 is 0 Å². The molecule has 92 valence electrons. The number of pyridine rings is 1. The maximum absolute atomic E-state index is 12.2. The highest BCUT2D eigenvalue weighted by atomic mass is 16.2. The first-order valence-electron chi connectivity index (χ1n) is 6.15. The van der Waals surface area contributed by atoms with E-state index < -0.39 is 0 Å². The van der Waals surface area contributed by atoms with Crippen LogP contribution in [0.15, 0.2) is 18.2 Å². The molecule has 1 amide bonds. The predicted octanol–water partition coefficient (Wildman–Crippen LogP) is 2.00. The lowest BCUT2D eigenvalue weighted by atomic mass is 9.99. The van der Waals surface area contributed by atoms with Gasteiger partial charge in [-0.15, -0.1) is 0 Å². The molecule has 1 aliphatic heterocycles. The van der Waals surface area contributed by atoms with Gasteiger partial charge in [0, 0.05) is 20.1 Å². The molecule has 1 aromatic heterocycles. The van der Waals surface area contributed by atoms with Crippen LogP contribution in [0.25, 0.3) is 0 Å². The highest BCUT2D eigenvalue weighted by Gasteiger charge is 2.22. The number of carbonyl (C=O) groups excluding carboxylic acids is 1. The molecule has 2 rings (SSSR count). The molecule has 17 heavy (non-hydrogen) atoms. The fourth-order valence-corrected chi connectivity index (χ4v) is 2.07. The molecule has 0 bridgehead atoms. The van der Waals surface area contributed by atoms with E-state index in [1.807, 2.05) is 17.0 Å². The molecule has 1 aromatic rings. The van der Waals surface area contributed by atoms with Gasteiger partial charge in [-0.25, -0.2) is 4.98 Å². The molecule has 0 aliphatic carbocycles. The number of amides is 1. The summed E-state index contributed by atoms with van der Waals surface area (Å²) in [6, 6.07) is 5.49. The van der Waals surface area contributed by atoms with Crippen LogP contribution in [0.5, 0.6) is 0 Å². The molecule has 0 atom stereocenters. The predicted molar refractivity (Wildman–Crippen MR) is 68.1 cm³/mol. The zero-order chi connectivity index (χ0) is 12.3. The lowest BCUT2D eigenvalue weighted by Crippen LogP contribution is -2.38. The van der Waals surface area contributed by atoms with Crippen LogP contribution >= 0.6 is 0 Å². The Morgan fingerprint density at radius 3 is 2.76 bits per heavy atom. The number of carbonyl (C=O) groups is 1. The highest BCUT2D eigenvalue weighted by Crippen LogP contribution is 2.18. The van der Waals surface area contributed by atoms with Gasteiger partial charge in [0.2, 0.25) is 0 Å². The van der Waals surface area contributed by atoms with Crippen molar-refractivity contribution in [3.8, 4) is 0 Å². The van der Waals surface area contributed by atoms with Crippen LogP contribution < -0.4 is 5.32 Å². The molecule has 0 saturated carbocycles. The number of nitrogens with zero attached hydrogens (tertiary/aromatic N) is 2. The zero-order valence-electron chi connectivity index (χ0n) is 10.4. The van der Waals surface area contributed by atoms with E-state index in [9.17, 15) is 4.79 Å². The van der Waals surface area contributed by atoms with Crippen LogP contribution in [0.1, 0.15) is 30.3 Å². The summed E-state index contributed by atoms with van der Waals surface area (Å²) in [7, 11) is 1.80. The number of piperidine rings is 1. The van der Waals surface area contributed by atoms with E-state index in [0.717, 1.165) is 37.7 Å². The summed E-state index contributed by atoms with van der Waals surface area (Å²) in [5, 5.41) is 2.95. The summed E-state index contributed by atoms with van der Waals surface area (Å²) in [6.07, 6.45) is 2.19. The van der Waals surface area contributed by atoms with E-state index in [4.69, 9.17) is 0 Å². The van der Waals surface area contributed by atoms with Gasteiger partial charge in [0.1, 0.15) is 11.5 Å². The summed E-state index contributed by atoms with van der Waals surface area (Å²) in [5.41, 5.74) is 0.534. The molecule has 0 radical (unpaired) electrons. The Morgan fingerprint density at radius 1 is 1.41 bits per heavy atom. The smallest absolute Gasteiger partial charge is 0.272 e.